The number of ether oxygens (including phenoxy) is 2. The lowest BCUT2D eigenvalue weighted by Gasteiger charge is -2.15. The van der Waals surface area contributed by atoms with Crippen LogP contribution in [0.2, 0.25) is 0 Å². The Bertz CT molecular complexity index is 927. The van der Waals surface area contributed by atoms with Gasteiger partial charge in [-0.3, -0.25) is 0 Å². The molecular formula is C20H16O3. The highest BCUT2D eigenvalue weighted by molar-refractivity contribution is 6.08. The summed E-state index contributed by atoms with van der Waals surface area (Å²) >= 11 is 0. The smallest absolute Gasteiger partial charge is 0.340 e. The van der Waals surface area contributed by atoms with E-state index in [1.54, 1.807) is 7.11 Å². The minimum atomic E-state index is -0.354. The van der Waals surface area contributed by atoms with Crippen LogP contribution in [-0.2, 0) is 4.74 Å². The minimum absolute atomic E-state index is 0.253. The van der Waals surface area contributed by atoms with Crippen molar-refractivity contribution in [2.24, 2.45) is 0 Å². The summed E-state index contributed by atoms with van der Waals surface area (Å²) in [7, 11) is 1.64. The lowest BCUT2D eigenvalue weighted by Crippen LogP contribution is -2.03. The molecule has 23 heavy (non-hydrogen) atoms. The summed E-state index contributed by atoms with van der Waals surface area (Å²) in [6.45, 7) is 2.00. The van der Waals surface area contributed by atoms with Crippen LogP contribution < -0.4 is 4.74 Å². The maximum Gasteiger partial charge on any atom is 0.340 e. The third-order valence-electron chi connectivity index (χ3n) is 4.43. The monoisotopic (exact) mass is 304 g/mol. The van der Waals surface area contributed by atoms with Crippen molar-refractivity contribution in [2.45, 2.75) is 13.0 Å². The molecule has 0 radical (unpaired) electrons. The predicted octanol–water partition coefficient (Wildman–Crippen LogP) is 4.42. The van der Waals surface area contributed by atoms with Crippen molar-refractivity contribution in [3.05, 3.63) is 76.9 Å². The van der Waals surface area contributed by atoms with E-state index in [0.717, 1.165) is 33.2 Å². The number of hydrogen-bond acceptors (Lipinski definition) is 3. The van der Waals surface area contributed by atoms with Gasteiger partial charge in [0.2, 0.25) is 0 Å². The Morgan fingerprint density at radius 2 is 1.78 bits per heavy atom. The fraction of sp³-hybridized carbons (Fsp3) is 0.150. The van der Waals surface area contributed by atoms with Crippen LogP contribution in [0.4, 0.5) is 0 Å². The summed E-state index contributed by atoms with van der Waals surface area (Å²) in [6.07, 6.45) is -0.354. The molecule has 0 amide bonds. The van der Waals surface area contributed by atoms with Crippen LogP contribution in [0.5, 0.6) is 5.75 Å². The summed E-state index contributed by atoms with van der Waals surface area (Å²) < 4.78 is 11.0. The molecule has 3 nitrogen and oxygen atoms in total. The van der Waals surface area contributed by atoms with E-state index in [1.807, 2.05) is 61.5 Å². The van der Waals surface area contributed by atoms with Gasteiger partial charge in [-0.1, -0.05) is 42.5 Å². The molecule has 3 aromatic carbocycles. The number of rotatable bonds is 2. The van der Waals surface area contributed by atoms with Gasteiger partial charge in [-0.2, -0.15) is 0 Å². The molecule has 0 spiro atoms. The lowest BCUT2D eigenvalue weighted by molar-refractivity contribution is 0.0456. The maximum absolute atomic E-state index is 12.5. The largest absolute Gasteiger partial charge is 0.497 e. The molecule has 1 heterocycles. The Morgan fingerprint density at radius 3 is 2.57 bits per heavy atom. The molecule has 1 aliphatic heterocycles. The van der Waals surface area contributed by atoms with Gasteiger partial charge >= 0.3 is 5.97 Å². The minimum Gasteiger partial charge on any atom is -0.497 e. The summed E-state index contributed by atoms with van der Waals surface area (Å²) in [5.41, 5.74) is 3.65. The molecule has 114 valence electrons. The van der Waals surface area contributed by atoms with Gasteiger partial charge in [0.15, 0.2) is 6.10 Å². The second-order valence-electron chi connectivity index (χ2n) is 5.76. The molecule has 0 N–H and O–H groups in total. The van der Waals surface area contributed by atoms with Crippen LogP contribution in [-0.4, -0.2) is 13.1 Å². The molecule has 0 aliphatic carbocycles. The van der Waals surface area contributed by atoms with Crippen molar-refractivity contribution in [1.29, 1.82) is 0 Å². The Hall–Kier alpha value is -2.81. The van der Waals surface area contributed by atoms with Gasteiger partial charge in [-0.25, -0.2) is 4.79 Å². The zero-order valence-electron chi connectivity index (χ0n) is 13.0. The molecule has 3 aromatic rings. The average molecular weight is 304 g/mol. The van der Waals surface area contributed by atoms with Crippen molar-refractivity contribution >= 4 is 16.7 Å². The highest BCUT2D eigenvalue weighted by atomic mass is 16.5. The maximum atomic E-state index is 12.5. The second kappa shape index (κ2) is 5.13. The van der Waals surface area contributed by atoms with Crippen molar-refractivity contribution < 1.29 is 14.3 Å². The van der Waals surface area contributed by atoms with Crippen LogP contribution in [0.25, 0.3) is 10.8 Å². The van der Waals surface area contributed by atoms with Gasteiger partial charge in [-0.05, 0) is 35.4 Å². The predicted molar refractivity (Wildman–Crippen MR) is 88.9 cm³/mol. The molecule has 0 saturated carbocycles. The molecule has 0 saturated heterocycles. The molecule has 1 atom stereocenters. The Balaban J connectivity index is 1.89. The van der Waals surface area contributed by atoms with Gasteiger partial charge < -0.3 is 9.47 Å². The van der Waals surface area contributed by atoms with E-state index < -0.39 is 0 Å². The number of carbonyl (C=O) groups excluding carboxylic acids is 1. The summed E-state index contributed by atoms with van der Waals surface area (Å²) in [5, 5.41) is 2.00. The first-order chi connectivity index (χ1) is 11.2. The van der Waals surface area contributed by atoms with Gasteiger partial charge in [0.1, 0.15) is 5.75 Å². The molecule has 0 unspecified atom stereocenters. The van der Waals surface area contributed by atoms with Gasteiger partial charge in [0.25, 0.3) is 0 Å². The first kappa shape index (κ1) is 13.8. The van der Waals surface area contributed by atoms with Crippen LogP contribution in [0.1, 0.15) is 33.2 Å². The summed E-state index contributed by atoms with van der Waals surface area (Å²) in [6, 6.07) is 17.8. The van der Waals surface area contributed by atoms with Crippen LogP contribution in [0.3, 0.4) is 0 Å². The number of hydrogen-bond donors (Lipinski definition) is 0. The first-order valence-corrected chi connectivity index (χ1v) is 7.56. The summed E-state index contributed by atoms with van der Waals surface area (Å²) in [5.74, 6) is 0.548. The van der Waals surface area contributed by atoms with Crippen molar-refractivity contribution in [1.82, 2.24) is 0 Å². The zero-order valence-corrected chi connectivity index (χ0v) is 13.0. The van der Waals surface area contributed by atoms with E-state index in [9.17, 15) is 4.79 Å². The van der Waals surface area contributed by atoms with Crippen LogP contribution in [0, 0.1) is 6.92 Å². The highest BCUT2D eigenvalue weighted by Gasteiger charge is 2.34. The van der Waals surface area contributed by atoms with E-state index in [0.29, 0.717) is 5.56 Å². The number of carbonyl (C=O) groups is 1. The van der Waals surface area contributed by atoms with Crippen molar-refractivity contribution in [3.63, 3.8) is 0 Å². The molecule has 4 rings (SSSR count). The van der Waals surface area contributed by atoms with E-state index in [1.165, 1.54) is 0 Å². The average Bonchev–Trinajstić information content (AvgIpc) is 2.92. The Kier molecular flexibility index (Phi) is 3.08. The first-order valence-electron chi connectivity index (χ1n) is 7.56. The molecule has 0 fully saturated rings. The molecule has 1 aliphatic rings. The number of aryl methyl sites for hydroxylation is 1. The van der Waals surface area contributed by atoms with Crippen LogP contribution >= 0.6 is 0 Å². The van der Waals surface area contributed by atoms with Gasteiger partial charge in [-0.15, -0.1) is 0 Å². The quantitative estimate of drug-likeness (QED) is 0.658. The van der Waals surface area contributed by atoms with E-state index >= 15 is 0 Å². The normalized spacial score (nSPS) is 16.3. The van der Waals surface area contributed by atoms with E-state index in [-0.39, 0.29) is 12.1 Å². The molecule has 3 heteroatoms. The topological polar surface area (TPSA) is 35.5 Å². The Morgan fingerprint density at radius 1 is 1.00 bits per heavy atom. The van der Waals surface area contributed by atoms with E-state index in [4.69, 9.17) is 9.47 Å². The molecular weight excluding hydrogens is 288 g/mol. The number of methoxy groups -OCH3 is 1. The SMILES string of the molecule is COc1ccc([C@H]2OC(=O)c3c2ccc2ccccc32)c(C)c1. The fourth-order valence-electron chi connectivity index (χ4n) is 3.26. The van der Waals surface area contributed by atoms with Crippen molar-refractivity contribution in [2.75, 3.05) is 7.11 Å². The third kappa shape index (κ3) is 2.08. The third-order valence-corrected chi connectivity index (χ3v) is 4.43. The lowest BCUT2D eigenvalue weighted by atomic mass is 9.93. The number of fused-ring (bicyclic) bond motifs is 3. The second-order valence-corrected chi connectivity index (χ2v) is 5.76. The van der Waals surface area contributed by atoms with Gasteiger partial charge in [0.05, 0.1) is 12.7 Å². The number of esters is 1. The fourth-order valence-corrected chi connectivity index (χ4v) is 3.26. The van der Waals surface area contributed by atoms with Gasteiger partial charge in [0, 0.05) is 11.1 Å². The van der Waals surface area contributed by atoms with Crippen LogP contribution in [0.15, 0.2) is 54.6 Å². The highest BCUT2D eigenvalue weighted by Crippen LogP contribution is 2.40. The zero-order chi connectivity index (χ0) is 16.0. The molecule has 0 aromatic heterocycles. The summed E-state index contributed by atoms with van der Waals surface area (Å²) in [4.78, 5) is 12.5. The van der Waals surface area contributed by atoms with Crippen molar-refractivity contribution in [3.8, 4) is 5.75 Å². The number of benzene rings is 3. The Labute approximate surface area is 134 Å². The van der Waals surface area contributed by atoms with E-state index in [2.05, 4.69) is 0 Å². The molecule has 0 bridgehead atoms. The number of cyclic esters (lactones) is 1. The standard InChI is InChI=1S/C20H16O3/c1-12-11-14(22-2)8-10-15(12)19-17-9-7-13-5-3-4-6-16(13)18(17)20(21)23-19/h3-11,19H,1-2H3/t19-/m1/s1.